The van der Waals surface area contributed by atoms with E-state index in [0.29, 0.717) is 16.6 Å². The standard InChI is InChI=1S/C23H36OSi/c1-18(2)25(19(3)4,20(5)6)17-14-21-12-8-9-13-22(21)23(24)15-10-7-11-16-23/h8-9,12-13,18-20,24H,7,10-11,15-16H2,1-6H3. The van der Waals surface area contributed by atoms with Gasteiger partial charge in [0.05, 0.1) is 5.60 Å². The highest BCUT2D eigenvalue weighted by Crippen LogP contribution is 2.41. The Kier molecular flexibility index (Phi) is 6.57. The maximum absolute atomic E-state index is 11.2. The number of rotatable bonds is 4. The van der Waals surface area contributed by atoms with Crippen LogP contribution in [-0.4, -0.2) is 13.2 Å². The molecule has 1 aromatic carbocycles. The maximum Gasteiger partial charge on any atom is 0.146 e. The van der Waals surface area contributed by atoms with Crippen LogP contribution < -0.4 is 0 Å². The number of benzene rings is 1. The molecule has 0 bridgehead atoms. The second kappa shape index (κ2) is 8.10. The lowest BCUT2D eigenvalue weighted by Gasteiger charge is -2.38. The van der Waals surface area contributed by atoms with Gasteiger partial charge < -0.3 is 5.11 Å². The third kappa shape index (κ3) is 4.04. The molecule has 25 heavy (non-hydrogen) atoms. The normalized spacial score (nSPS) is 17.7. The smallest absolute Gasteiger partial charge is 0.146 e. The summed E-state index contributed by atoms with van der Waals surface area (Å²) in [6.45, 7) is 14.1. The molecule has 0 heterocycles. The van der Waals surface area contributed by atoms with Crippen LogP contribution in [0.1, 0.15) is 84.8 Å². The van der Waals surface area contributed by atoms with E-state index in [-0.39, 0.29) is 0 Å². The van der Waals surface area contributed by atoms with Gasteiger partial charge in [-0.3, -0.25) is 0 Å². The summed E-state index contributed by atoms with van der Waals surface area (Å²) >= 11 is 0. The molecule has 1 N–H and O–H groups in total. The van der Waals surface area contributed by atoms with E-state index < -0.39 is 13.7 Å². The van der Waals surface area contributed by atoms with Gasteiger partial charge in [0.15, 0.2) is 0 Å². The molecule has 0 aromatic heterocycles. The average molecular weight is 357 g/mol. The third-order valence-electron chi connectivity index (χ3n) is 6.39. The largest absolute Gasteiger partial charge is 0.385 e. The van der Waals surface area contributed by atoms with E-state index >= 15 is 0 Å². The Hall–Kier alpha value is -1.04. The lowest BCUT2D eigenvalue weighted by molar-refractivity contribution is -0.000840. The summed E-state index contributed by atoms with van der Waals surface area (Å²) < 4.78 is 0. The lowest BCUT2D eigenvalue weighted by Crippen LogP contribution is -2.43. The molecular weight excluding hydrogens is 320 g/mol. The first kappa shape index (κ1) is 20.3. The summed E-state index contributed by atoms with van der Waals surface area (Å²) in [4.78, 5) is 0. The maximum atomic E-state index is 11.2. The molecule has 1 saturated carbocycles. The highest BCUT2D eigenvalue weighted by atomic mass is 28.3. The van der Waals surface area contributed by atoms with Crippen LogP contribution in [0, 0.1) is 11.5 Å². The topological polar surface area (TPSA) is 20.2 Å². The first-order valence-electron chi connectivity index (χ1n) is 10.1. The van der Waals surface area contributed by atoms with Crippen molar-refractivity contribution in [1.29, 1.82) is 0 Å². The first-order valence-corrected chi connectivity index (χ1v) is 12.3. The zero-order chi connectivity index (χ0) is 18.7. The average Bonchev–Trinajstić information content (AvgIpc) is 2.55. The van der Waals surface area contributed by atoms with Crippen molar-refractivity contribution < 1.29 is 5.11 Å². The Morgan fingerprint density at radius 3 is 1.92 bits per heavy atom. The van der Waals surface area contributed by atoms with E-state index in [4.69, 9.17) is 0 Å². The molecule has 0 unspecified atom stereocenters. The van der Waals surface area contributed by atoms with Gasteiger partial charge in [0, 0.05) is 5.56 Å². The van der Waals surface area contributed by atoms with E-state index in [2.05, 4.69) is 71.2 Å². The summed E-state index contributed by atoms with van der Waals surface area (Å²) in [5, 5.41) is 11.2. The van der Waals surface area contributed by atoms with Crippen LogP contribution in [0.2, 0.25) is 16.6 Å². The molecule has 2 heteroatoms. The highest BCUT2D eigenvalue weighted by Gasteiger charge is 2.42. The zero-order valence-corrected chi connectivity index (χ0v) is 18.0. The molecule has 0 saturated heterocycles. The van der Waals surface area contributed by atoms with Crippen molar-refractivity contribution in [3.8, 4) is 11.5 Å². The Bertz CT molecular complexity index is 605. The first-order chi connectivity index (χ1) is 11.7. The molecule has 0 amide bonds. The van der Waals surface area contributed by atoms with Crippen molar-refractivity contribution in [2.24, 2.45) is 0 Å². The van der Waals surface area contributed by atoms with Crippen LogP contribution in [-0.2, 0) is 5.60 Å². The molecule has 1 nitrogen and oxygen atoms in total. The minimum atomic E-state index is -1.75. The minimum absolute atomic E-state index is 0.630. The van der Waals surface area contributed by atoms with Gasteiger partial charge in [-0.1, -0.05) is 84.9 Å². The molecule has 2 rings (SSSR count). The molecule has 0 atom stereocenters. The lowest BCUT2D eigenvalue weighted by atomic mass is 9.78. The SMILES string of the molecule is CC(C)[Si](C#Cc1ccccc1C1(O)CCCCC1)(C(C)C)C(C)C. The molecule has 1 aliphatic rings. The summed E-state index contributed by atoms with van der Waals surface area (Å²) in [7, 11) is -1.75. The second-order valence-electron chi connectivity index (χ2n) is 8.78. The minimum Gasteiger partial charge on any atom is -0.385 e. The van der Waals surface area contributed by atoms with Gasteiger partial charge in [0.1, 0.15) is 8.07 Å². The highest BCUT2D eigenvalue weighted by molar-refractivity contribution is 6.90. The van der Waals surface area contributed by atoms with Gasteiger partial charge >= 0.3 is 0 Å². The predicted molar refractivity (Wildman–Crippen MR) is 111 cm³/mol. The van der Waals surface area contributed by atoms with Crippen molar-refractivity contribution >= 4 is 8.07 Å². The Morgan fingerprint density at radius 1 is 0.880 bits per heavy atom. The van der Waals surface area contributed by atoms with Gasteiger partial charge in [0.25, 0.3) is 0 Å². The molecule has 1 fully saturated rings. The monoisotopic (exact) mass is 356 g/mol. The van der Waals surface area contributed by atoms with Gasteiger partial charge in [-0.15, -0.1) is 5.54 Å². The fourth-order valence-electron chi connectivity index (χ4n) is 5.01. The van der Waals surface area contributed by atoms with Gasteiger partial charge in [-0.2, -0.15) is 0 Å². The van der Waals surface area contributed by atoms with E-state index in [9.17, 15) is 5.11 Å². The quantitative estimate of drug-likeness (QED) is 0.488. The number of hydrogen-bond donors (Lipinski definition) is 1. The summed E-state index contributed by atoms with van der Waals surface area (Å²) in [5.41, 5.74) is 7.14. The Labute approximate surface area is 156 Å². The molecule has 138 valence electrons. The van der Waals surface area contributed by atoms with E-state index in [1.165, 1.54) is 6.42 Å². The van der Waals surface area contributed by atoms with E-state index in [1.54, 1.807) is 0 Å². The van der Waals surface area contributed by atoms with Gasteiger partial charge in [-0.25, -0.2) is 0 Å². The van der Waals surface area contributed by atoms with Crippen molar-refractivity contribution in [3.05, 3.63) is 35.4 Å². The molecule has 1 aromatic rings. The summed E-state index contributed by atoms with van der Waals surface area (Å²) in [6.07, 6.45) is 5.20. The number of aliphatic hydroxyl groups is 1. The fraction of sp³-hybridized carbons (Fsp3) is 0.652. The number of hydrogen-bond acceptors (Lipinski definition) is 1. The van der Waals surface area contributed by atoms with Crippen LogP contribution in [0.5, 0.6) is 0 Å². The molecule has 0 radical (unpaired) electrons. The third-order valence-corrected chi connectivity index (χ3v) is 12.7. The molecular formula is C23H36OSi. The summed E-state index contributed by atoms with van der Waals surface area (Å²) in [5.74, 6) is 3.57. The Balaban J connectivity index is 2.49. The van der Waals surface area contributed by atoms with Crippen molar-refractivity contribution in [2.75, 3.05) is 0 Å². The predicted octanol–water partition coefficient (Wildman–Crippen LogP) is 6.41. The molecule has 0 spiro atoms. The fourth-order valence-corrected chi connectivity index (χ4v) is 10.2. The van der Waals surface area contributed by atoms with Gasteiger partial charge in [0.2, 0.25) is 0 Å². The van der Waals surface area contributed by atoms with Crippen LogP contribution in [0.4, 0.5) is 0 Å². The van der Waals surface area contributed by atoms with Crippen molar-refractivity contribution in [3.63, 3.8) is 0 Å². The van der Waals surface area contributed by atoms with Crippen molar-refractivity contribution in [1.82, 2.24) is 0 Å². The summed E-state index contributed by atoms with van der Waals surface area (Å²) in [6, 6.07) is 8.31. The van der Waals surface area contributed by atoms with Crippen LogP contribution in [0.25, 0.3) is 0 Å². The van der Waals surface area contributed by atoms with Crippen LogP contribution in [0.3, 0.4) is 0 Å². The van der Waals surface area contributed by atoms with E-state index in [1.807, 2.05) is 6.07 Å². The van der Waals surface area contributed by atoms with E-state index in [0.717, 1.165) is 36.8 Å². The van der Waals surface area contributed by atoms with Crippen molar-refractivity contribution in [2.45, 2.75) is 95.9 Å². The second-order valence-corrected chi connectivity index (χ2v) is 14.4. The molecule has 1 aliphatic carbocycles. The Morgan fingerprint density at radius 2 is 1.40 bits per heavy atom. The van der Waals surface area contributed by atoms with Crippen LogP contribution in [0.15, 0.2) is 24.3 Å². The zero-order valence-electron chi connectivity index (χ0n) is 17.0. The van der Waals surface area contributed by atoms with Gasteiger partial charge in [-0.05, 0) is 41.1 Å². The van der Waals surface area contributed by atoms with Crippen LogP contribution >= 0.6 is 0 Å². The molecule has 0 aliphatic heterocycles.